The number of nitrogens with one attached hydrogen (secondary N) is 1. The molecule has 1 aliphatic rings. The molecule has 4 nitrogen and oxygen atoms in total. The molecule has 1 heterocycles. The van der Waals surface area contributed by atoms with E-state index >= 15 is 0 Å². The van der Waals surface area contributed by atoms with E-state index in [1.165, 1.54) is 6.42 Å². The summed E-state index contributed by atoms with van der Waals surface area (Å²) in [5.74, 6) is 3.21. The molecule has 112 valence electrons. The zero-order valence-corrected chi connectivity index (χ0v) is 13.1. The molecule has 2 rings (SSSR count). The fourth-order valence-electron chi connectivity index (χ4n) is 2.95. The van der Waals surface area contributed by atoms with Crippen LogP contribution in [0.3, 0.4) is 0 Å². The molecule has 4 heteroatoms. The minimum Gasteiger partial charge on any atom is -0.474 e. The molecule has 0 saturated heterocycles. The molecule has 0 aliphatic heterocycles. The lowest BCUT2D eigenvalue weighted by atomic mass is 9.80. The summed E-state index contributed by atoms with van der Waals surface area (Å²) in [7, 11) is 1.90. The first-order valence-electron chi connectivity index (χ1n) is 7.84. The predicted molar refractivity (Wildman–Crippen MR) is 82.2 cm³/mol. The van der Waals surface area contributed by atoms with Crippen molar-refractivity contribution < 1.29 is 4.74 Å². The zero-order valence-electron chi connectivity index (χ0n) is 13.1. The van der Waals surface area contributed by atoms with Crippen molar-refractivity contribution in [2.45, 2.75) is 59.0 Å². The van der Waals surface area contributed by atoms with Gasteiger partial charge in [-0.05, 0) is 37.5 Å². The molecule has 0 bridgehead atoms. The molecule has 1 fully saturated rings. The van der Waals surface area contributed by atoms with Gasteiger partial charge in [-0.1, -0.05) is 27.2 Å². The summed E-state index contributed by atoms with van der Waals surface area (Å²) < 4.78 is 6.21. The van der Waals surface area contributed by atoms with Crippen molar-refractivity contribution in [1.29, 1.82) is 0 Å². The van der Waals surface area contributed by atoms with Gasteiger partial charge in [0.25, 0.3) is 0 Å². The fourth-order valence-corrected chi connectivity index (χ4v) is 2.95. The van der Waals surface area contributed by atoms with Crippen LogP contribution in [0.25, 0.3) is 0 Å². The van der Waals surface area contributed by atoms with Gasteiger partial charge >= 0.3 is 0 Å². The Morgan fingerprint density at radius 3 is 2.70 bits per heavy atom. The second-order valence-corrected chi connectivity index (χ2v) is 6.01. The standard InChI is InChI=1S/C16H27N3O/c1-5-6-14-15(17-4)18-10-19-16(14)20-13-8-7-11(2)12(3)9-13/h10-13H,5-9H2,1-4H3,(H,17,18,19). The molecule has 0 spiro atoms. The molecule has 1 saturated carbocycles. The smallest absolute Gasteiger partial charge is 0.222 e. The van der Waals surface area contributed by atoms with Crippen molar-refractivity contribution in [3.8, 4) is 5.88 Å². The van der Waals surface area contributed by atoms with Crippen molar-refractivity contribution in [3.05, 3.63) is 11.9 Å². The molecule has 3 unspecified atom stereocenters. The monoisotopic (exact) mass is 277 g/mol. The summed E-state index contributed by atoms with van der Waals surface area (Å²) in [5.41, 5.74) is 1.11. The summed E-state index contributed by atoms with van der Waals surface area (Å²) in [6, 6.07) is 0. The number of ether oxygens (including phenoxy) is 1. The first-order valence-corrected chi connectivity index (χ1v) is 7.84. The average molecular weight is 277 g/mol. The van der Waals surface area contributed by atoms with Crippen molar-refractivity contribution in [1.82, 2.24) is 9.97 Å². The summed E-state index contributed by atoms with van der Waals surface area (Å²) >= 11 is 0. The van der Waals surface area contributed by atoms with Crippen molar-refractivity contribution >= 4 is 5.82 Å². The Morgan fingerprint density at radius 1 is 1.25 bits per heavy atom. The summed E-state index contributed by atoms with van der Waals surface area (Å²) in [4.78, 5) is 8.67. The Bertz CT molecular complexity index is 436. The zero-order chi connectivity index (χ0) is 14.5. The molecule has 1 N–H and O–H groups in total. The van der Waals surface area contributed by atoms with Gasteiger partial charge in [0.1, 0.15) is 18.2 Å². The Morgan fingerprint density at radius 2 is 2.05 bits per heavy atom. The first kappa shape index (κ1) is 15.1. The highest BCUT2D eigenvalue weighted by atomic mass is 16.5. The van der Waals surface area contributed by atoms with Crippen LogP contribution in [0.2, 0.25) is 0 Å². The molecular weight excluding hydrogens is 250 g/mol. The number of hydrogen-bond acceptors (Lipinski definition) is 4. The molecule has 1 aromatic rings. The summed E-state index contributed by atoms with van der Waals surface area (Å²) in [5, 5.41) is 3.14. The third kappa shape index (κ3) is 3.41. The highest BCUT2D eigenvalue weighted by molar-refractivity contribution is 5.48. The van der Waals surface area contributed by atoms with Crippen LogP contribution < -0.4 is 10.1 Å². The van der Waals surface area contributed by atoms with Crippen LogP contribution in [-0.4, -0.2) is 23.1 Å². The van der Waals surface area contributed by atoms with E-state index in [9.17, 15) is 0 Å². The van der Waals surface area contributed by atoms with E-state index in [1.54, 1.807) is 6.33 Å². The van der Waals surface area contributed by atoms with Gasteiger partial charge in [0.2, 0.25) is 5.88 Å². The lowest BCUT2D eigenvalue weighted by Gasteiger charge is -2.32. The highest BCUT2D eigenvalue weighted by Crippen LogP contribution is 2.33. The van der Waals surface area contributed by atoms with Crippen molar-refractivity contribution in [2.75, 3.05) is 12.4 Å². The maximum absolute atomic E-state index is 6.21. The van der Waals surface area contributed by atoms with E-state index in [1.807, 2.05) is 7.05 Å². The van der Waals surface area contributed by atoms with Gasteiger partial charge in [-0.15, -0.1) is 0 Å². The largest absolute Gasteiger partial charge is 0.474 e. The number of rotatable bonds is 5. The van der Waals surface area contributed by atoms with Gasteiger partial charge in [-0.25, -0.2) is 9.97 Å². The Hall–Kier alpha value is -1.32. The molecule has 0 radical (unpaired) electrons. The molecule has 0 aromatic carbocycles. The van der Waals surface area contributed by atoms with Crippen LogP contribution in [0, 0.1) is 11.8 Å². The van der Waals surface area contributed by atoms with E-state index in [2.05, 4.69) is 36.1 Å². The molecular formula is C16H27N3O. The number of hydrogen-bond donors (Lipinski definition) is 1. The van der Waals surface area contributed by atoms with Crippen LogP contribution in [-0.2, 0) is 6.42 Å². The van der Waals surface area contributed by atoms with Crippen LogP contribution >= 0.6 is 0 Å². The highest BCUT2D eigenvalue weighted by Gasteiger charge is 2.27. The maximum atomic E-state index is 6.21. The third-order valence-corrected chi connectivity index (χ3v) is 4.47. The quantitative estimate of drug-likeness (QED) is 0.892. The van der Waals surface area contributed by atoms with Crippen LogP contribution in [0.5, 0.6) is 5.88 Å². The molecule has 3 atom stereocenters. The van der Waals surface area contributed by atoms with Crippen molar-refractivity contribution in [2.24, 2.45) is 11.8 Å². The predicted octanol–water partition coefficient (Wildman–Crippen LogP) is 3.67. The Balaban J connectivity index is 2.12. The lowest BCUT2D eigenvalue weighted by molar-refractivity contribution is 0.0954. The van der Waals surface area contributed by atoms with Gasteiger partial charge in [0.15, 0.2) is 0 Å². The summed E-state index contributed by atoms with van der Waals surface area (Å²) in [6.45, 7) is 6.83. The van der Waals surface area contributed by atoms with E-state index in [0.29, 0.717) is 6.10 Å². The Kier molecular flexibility index (Phi) is 5.21. The molecule has 1 aromatic heterocycles. The van der Waals surface area contributed by atoms with Gasteiger partial charge in [-0.2, -0.15) is 0 Å². The van der Waals surface area contributed by atoms with Crippen LogP contribution in [0.4, 0.5) is 5.82 Å². The molecule has 0 amide bonds. The molecule has 1 aliphatic carbocycles. The van der Waals surface area contributed by atoms with Crippen molar-refractivity contribution in [3.63, 3.8) is 0 Å². The summed E-state index contributed by atoms with van der Waals surface area (Å²) in [6.07, 6.45) is 7.42. The van der Waals surface area contributed by atoms with E-state index in [-0.39, 0.29) is 0 Å². The maximum Gasteiger partial charge on any atom is 0.222 e. The Labute approximate surface area is 122 Å². The fraction of sp³-hybridized carbons (Fsp3) is 0.750. The van der Waals surface area contributed by atoms with E-state index in [0.717, 1.165) is 54.8 Å². The first-order chi connectivity index (χ1) is 9.65. The van der Waals surface area contributed by atoms with Gasteiger partial charge in [0, 0.05) is 7.05 Å². The second kappa shape index (κ2) is 6.91. The lowest BCUT2D eigenvalue weighted by Crippen LogP contribution is -2.29. The number of aromatic nitrogens is 2. The van der Waals surface area contributed by atoms with Crippen LogP contribution in [0.15, 0.2) is 6.33 Å². The number of nitrogens with zero attached hydrogens (tertiary/aromatic N) is 2. The van der Waals surface area contributed by atoms with Gasteiger partial charge in [-0.3, -0.25) is 0 Å². The third-order valence-electron chi connectivity index (χ3n) is 4.47. The molecule has 20 heavy (non-hydrogen) atoms. The normalized spacial score (nSPS) is 26.3. The van der Waals surface area contributed by atoms with E-state index in [4.69, 9.17) is 4.74 Å². The SMILES string of the molecule is CCCc1c(NC)ncnc1OC1CCC(C)C(C)C1. The average Bonchev–Trinajstić information content (AvgIpc) is 2.45. The minimum absolute atomic E-state index is 0.302. The minimum atomic E-state index is 0.302. The second-order valence-electron chi connectivity index (χ2n) is 6.01. The number of anilines is 1. The van der Waals surface area contributed by atoms with E-state index < -0.39 is 0 Å². The topological polar surface area (TPSA) is 47.0 Å². The van der Waals surface area contributed by atoms with Crippen LogP contribution in [0.1, 0.15) is 52.0 Å². The van der Waals surface area contributed by atoms with Gasteiger partial charge < -0.3 is 10.1 Å². The van der Waals surface area contributed by atoms with Gasteiger partial charge in [0.05, 0.1) is 5.56 Å².